The summed E-state index contributed by atoms with van der Waals surface area (Å²) in [4.78, 5) is 1.43. The first kappa shape index (κ1) is 18.3. The number of ether oxygens (including phenoxy) is 1. The highest BCUT2D eigenvalue weighted by molar-refractivity contribution is 9.10. The Morgan fingerprint density at radius 3 is 2.35 bits per heavy atom. The van der Waals surface area contributed by atoms with E-state index in [9.17, 15) is 8.42 Å². The van der Waals surface area contributed by atoms with Crippen molar-refractivity contribution in [2.75, 3.05) is 26.5 Å². The molecular formula is C16H18BrNO3S2. The van der Waals surface area contributed by atoms with E-state index in [-0.39, 0.29) is 4.90 Å². The highest BCUT2D eigenvalue weighted by Crippen LogP contribution is 2.27. The van der Waals surface area contributed by atoms with E-state index in [1.807, 2.05) is 18.2 Å². The molecule has 2 aromatic carbocycles. The lowest BCUT2D eigenvalue weighted by Crippen LogP contribution is -2.22. The van der Waals surface area contributed by atoms with Crippen LogP contribution in [0.5, 0.6) is 5.75 Å². The van der Waals surface area contributed by atoms with Gasteiger partial charge in [-0.25, -0.2) is 12.7 Å². The number of thioether (sulfide) groups is 1. The fourth-order valence-corrected chi connectivity index (χ4v) is 4.09. The molecule has 0 aromatic heterocycles. The van der Waals surface area contributed by atoms with E-state index in [2.05, 4.69) is 22.0 Å². The standard InChI is InChI=1S/C16H18BrNO3S2/c1-18(2)23(19,20)14-9-7-13(8-10-14)21-11-12-22-16-6-4-3-5-15(16)17/h3-10H,11-12H2,1-2H3. The number of nitrogens with zero attached hydrogens (tertiary/aromatic N) is 1. The van der Waals surface area contributed by atoms with Gasteiger partial charge in [0, 0.05) is 29.2 Å². The number of sulfonamides is 1. The predicted molar refractivity (Wildman–Crippen MR) is 97.7 cm³/mol. The molecule has 0 aliphatic heterocycles. The molecule has 23 heavy (non-hydrogen) atoms. The van der Waals surface area contributed by atoms with Crippen molar-refractivity contribution in [2.24, 2.45) is 0 Å². The topological polar surface area (TPSA) is 46.6 Å². The molecule has 0 heterocycles. The largest absolute Gasteiger partial charge is 0.493 e. The second-order valence-electron chi connectivity index (χ2n) is 4.89. The number of rotatable bonds is 7. The van der Waals surface area contributed by atoms with Gasteiger partial charge in [-0.3, -0.25) is 0 Å². The highest BCUT2D eigenvalue weighted by atomic mass is 79.9. The van der Waals surface area contributed by atoms with Crippen LogP contribution in [-0.4, -0.2) is 39.2 Å². The molecule has 0 aliphatic carbocycles. The van der Waals surface area contributed by atoms with Crippen molar-refractivity contribution in [1.29, 1.82) is 0 Å². The normalized spacial score (nSPS) is 11.7. The van der Waals surface area contributed by atoms with Crippen molar-refractivity contribution in [3.63, 3.8) is 0 Å². The van der Waals surface area contributed by atoms with Gasteiger partial charge in [0.15, 0.2) is 0 Å². The zero-order chi connectivity index (χ0) is 16.9. The first-order chi connectivity index (χ1) is 10.9. The van der Waals surface area contributed by atoms with Crippen LogP contribution < -0.4 is 4.74 Å². The SMILES string of the molecule is CN(C)S(=O)(=O)c1ccc(OCCSc2ccccc2Br)cc1. The van der Waals surface area contributed by atoms with Crippen molar-refractivity contribution in [1.82, 2.24) is 4.31 Å². The third kappa shape index (κ3) is 4.97. The van der Waals surface area contributed by atoms with Crippen molar-refractivity contribution in [3.8, 4) is 5.75 Å². The molecule has 0 aliphatic rings. The molecule has 0 amide bonds. The Balaban J connectivity index is 1.86. The lowest BCUT2D eigenvalue weighted by Gasteiger charge is -2.12. The summed E-state index contributed by atoms with van der Waals surface area (Å²) in [6, 6.07) is 14.5. The molecule has 7 heteroatoms. The summed E-state index contributed by atoms with van der Waals surface area (Å²) >= 11 is 5.21. The van der Waals surface area contributed by atoms with Gasteiger partial charge in [-0.1, -0.05) is 12.1 Å². The van der Waals surface area contributed by atoms with Crippen molar-refractivity contribution in [2.45, 2.75) is 9.79 Å². The minimum absolute atomic E-state index is 0.262. The molecule has 0 saturated carbocycles. The van der Waals surface area contributed by atoms with E-state index in [4.69, 9.17) is 4.74 Å². The average molecular weight is 416 g/mol. The first-order valence-corrected chi connectivity index (χ1v) is 10.2. The van der Waals surface area contributed by atoms with E-state index in [0.717, 1.165) is 10.2 Å². The lowest BCUT2D eigenvalue weighted by molar-refractivity contribution is 0.343. The van der Waals surface area contributed by atoms with Gasteiger partial charge in [0.1, 0.15) is 5.75 Å². The lowest BCUT2D eigenvalue weighted by atomic mass is 10.3. The third-order valence-electron chi connectivity index (χ3n) is 3.05. The summed E-state index contributed by atoms with van der Waals surface area (Å²) in [6.07, 6.45) is 0. The number of hydrogen-bond acceptors (Lipinski definition) is 4. The summed E-state index contributed by atoms with van der Waals surface area (Å²) in [6.45, 7) is 0.547. The molecule has 2 aromatic rings. The Bertz CT molecular complexity index is 746. The van der Waals surface area contributed by atoms with Crippen LogP contribution in [0.1, 0.15) is 0 Å². The monoisotopic (exact) mass is 415 g/mol. The molecule has 0 radical (unpaired) electrons. The molecule has 0 fully saturated rings. The zero-order valence-corrected chi connectivity index (χ0v) is 16.1. The van der Waals surface area contributed by atoms with Gasteiger partial charge in [-0.2, -0.15) is 0 Å². The average Bonchev–Trinajstić information content (AvgIpc) is 2.53. The Labute approximate surface area is 150 Å². The molecule has 0 N–H and O–H groups in total. The van der Waals surface area contributed by atoms with E-state index < -0.39 is 10.0 Å². The number of halogens is 1. The van der Waals surface area contributed by atoms with Crippen LogP contribution in [0.2, 0.25) is 0 Å². The van der Waals surface area contributed by atoms with Gasteiger partial charge < -0.3 is 4.74 Å². The summed E-state index contributed by atoms with van der Waals surface area (Å²) in [5.74, 6) is 1.47. The van der Waals surface area contributed by atoms with Gasteiger partial charge in [0.05, 0.1) is 11.5 Å². The second kappa shape index (κ2) is 8.19. The predicted octanol–water partition coefficient (Wildman–Crippen LogP) is 3.87. The quantitative estimate of drug-likeness (QED) is 0.508. The summed E-state index contributed by atoms with van der Waals surface area (Å²) in [5, 5.41) is 0. The van der Waals surface area contributed by atoms with Gasteiger partial charge in [-0.05, 0) is 52.3 Å². The Hall–Kier alpha value is -1.02. The maximum Gasteiger partial charge on any atom is 0.242 e. The van der Waals surface area contributed by atoms with E-state index in [1.54, 1.807) is 36.0 Å². The first-order valence-electron chi connectivity index (χ1n) is 6.94. The third-order valence-corrected chi connectivity index (χ3v) is 6.87. The van der Waals surface area contributed by atoms with Crippen LogP contribution >= 0.6 is 27.7 Å². The molecule has 0 spiro atoms. The van der Waals surface area contributed by atoms with Crippen molar-refractivity contribution < 1.29 is 13.2 Å². The summed E-state index contributed by atoms with van der Waals surface area (Å²) in [5.41, 5.74) is 0. The van der Waals surface area contributed by atoms with E-state index >= 15 is 0 Å². The Morgan fingerprint density at radius 1 is 1.09 bits per heavy atom. The minimum atomic E-state index is -3.39. The number of benzene rings is 2. The maximum atomic E-state index is 12.0. The molecule has 124 valence electrons. The number of hydrogen-bond donors (Lipinski definition) is 0. The minimum Gasteiger partial charge on any atom is -0.493 e. The van der Waals surface area contributed by atoms with Gasteiger partial charge in [0.2, 0.25) is 10.0 Å². The van der Waals surface area contributed by atoms with Crippen LogP contribution in [0.25, 0.3) is 0 Å². The van der Waals surface area contributed by atoms with Crippen LogP contribution in [0, 0.1) is 0 Å². The van der Waals surface area contributed by atoms with Crippen molar-refractivity contribution >= 4 is 37.7 Å². The van der Waals surface area contributed by atoms with E-state index in [0.29, 0.717) is 12.4 Å². The fraction of sp³-hybridized carbons (Fsp3) is 0.250. The van der Waals surface area contributed by atoms with Gasteiger partial charge >= 0.3 is 0 Å². The fourth-order valence-electron chi connectivity index (χ4n) is 1.79. The maximum absolute atomic E-state index is 12.0. The van der Waals surface area contributed by atoms with Gasteiger partial charge in [0.25, 0.3) is 0 Å². The molecule has 0 saturated heterocycles. The zero-order valence-electron chi connectivity index (χ0n) is 12.9. The Kier molecular flexibility index (Phi) is 6.52. The smallest absolute Gasteiger partial charge is 0.242 e. The van der Waals surface area contributed by atoms with Crippen LogP contribution in [-0.2, 0) is 10.0 Å². The van der Waals surface area contributed by atoms with E-state index in [1.165, 1.54) is 23.3 Å². The Morgan fingerprint density at radius 2 is 1.74 bits per heavy atom. The molecule has 2 rings (SSSR count). The highest BCUT2D eigenvalue weighted by Gasteiger charge is 2.16. The molecule has 4 nitrogen and oxygen atoms in total. The molecule has 0 bridgehead atoms. The second-order valence-corrected chi connectivity index (χ2v) is 9.03. The molecule has 0 atom stereocenters. The van der Waals surface area contributed by atoms with Crippen LogP contribution in [0.15, 0.2) is 62.8 Å². The summed E-state index contributed by atoms with van der Waals surface area (Å²) in [7, 11) is -0.366. The summed E-state index contributed by atoms with van der Waals surface area (Å²) < 4.78 is 31.9. The van der Waals surface area contributed by atoms with Gasteiger partial charge in [-0.15, -0.1) is 11.8 Å². The molecular weight excluding hydrogens is 398 g/mol. The molecule has 0 unspecified atom stereocenters. The van der Waals surface area contributed by atoms with Crippen LogP contribution in [0.3, 0.4) is 0 Å². The van der Waals surface area contributed by atoms with Crippen molar-refractivity contribution in [3.05, 3.63) is 53.0 Å². The van der Waals surface area contributed by atoms with Crippen LogP contribution in [0.4, 0.5) is 0 Å².